The summed E-state index contributed by atoms with van der Waals surface area (Å²) >= 11 is 0. The number of nitro groups is 1. The van der Waals surface area contributed by atoms with Crippen LogP contribution in [0.3, 0.4) is 0 Å². The van der Waals surface area contributed by atoms with Crippen molar-refractivity contribution < 1.29 is 19.2 Å². The molecule has 0 fully saturated rings. The average Bonchev–Trinajstić information content (AvgIpc) is 2.44. The van der Waals surface area contributed by atoms with Gasteiger partial charge in [0.15, 0.2) is 5.82 Å². The van der Waals surface area contributed by atoms with E-state index in [2.05, 4.69) is 10.3 Å². The van der Waals surface area contributed by atoms with Gasteiger partial charge in [0.25, 0.3) is 5.69 Å². The first-order chi connectivity index (χ1) is 9.91. The molecule has 1 unspecified atom stereocenters. The summed E-state index contributed by atoms with van der Waals surface area (Å²) in [5.74, 6) is -2.61. The molecule has 1 aromatic heterocycles. The lowest BCUT2D eigenvalue weighted by Gasteiger charge is -2.12. The van der Waals surface area contributed by atoms with E-state index in [0.717, 1.165) is 6.07 Å². The van der Waals surface area contributed by atoms with E-state index in [1.807, 2.05) is 0 Å². The monoisotopic (exact) mass is 293 g/mol. The number of aliphatic carboxylic acids is 1. The van der Waals surface area contributed by atoms with Crippen molar-refractivity contribution in [3.05, 3.63) is 40.3 Å². The van der Waals surface area contributed by atoms with Crippen molar-refractivity contribution in [1.29, 1.82) is 0 Å². The Labute approximate surface area is 118 Å². The van der Waals surface area contributed by atoms with Gasteiger partial charge in [-0.25, -0.2) is 4.39 Å². The maximum absolute atomic E-state index is 14.0. The molecule has 0 aliphatic rings. The molecule has 7 nitrogen and oxygen atoms in total. The van der Waals surface area contributed by atoms with E-state index >= 15 is 0 Å². The molecule has 21 heavy (non-hydrogen) atoms. The lowest BCUT2D eigenvalue weighted by molar-refractivity contribution is -0.383. The first kappa shape index (κ1) is 14.6. The van der Waals surface area contributed by atoms with Crippen molar-refractivity contribution in [2.75, 3.05) is 11.9 Å². The van der Waals surface area contributed by atoms with Gasteiger partial charge in [0.05, 0.1) is 28.0 Å². The van der Waals surface area contributed by atoms with Crippen LogP contribution in [0.5, 0.6) is 0 Å². The second-order valence-corrected chi connectivity index (χ2v) is 4.53. The number of rotatable bonds is 5. The van der Waals surface area contributed by atoms with E-state index in [1.165, 1.54) is 25.3 Å². The molecule has 0 saturated carbocycles. The van der Waals surface area contributed by atoms with Gasteiger partial charge >= 0.3 is 5.97 Å². The predicted molar refractivity (Wildman–Crippen MR) is 73.6 cm³/mol. The summed E-state index contributed by atoms with van der Waals surface area (Å²) in [6.45, 7) is 1.45. The molecule has 1 aromatic carbocycles. The topological polar surface area (TPSA) is 105 Å². The number of nitro benzene ring substituents is 1. The molecule has 0 spiro atoms. The van der Waals surface area contributed by atoms with Crippen LogP contribution in [0.15, 0.2) is 24.4 Å². The Morgan fingerprint density at radius 3 is 2.95 bits per heavy atom. The third-order valence-electron chi connectivity index (χ3n) is 3.03. The van der Waals surface area contributed by atoms with Gasteiger partial charge in [-0.1, -0.05) is 6.92 Å². The van der Waals surface area contributed by atoms with Crippen molar-refractivity contribution in [2.24, 2.45) is 5.92 Å². The van der Waals surface area contributed by atoms with Gasteiger partial charge in [0, 0.05) is 12.7 Å². The summed E-state index contributed by atoms with van der Waals surface area (Å²) in [6, 6.07) is 3.78. The minimum Gasteiger partial charge on any atom is -0.481 e. The van der Waals surface area contributed by atoms with E-state index in [0.29, 0.717) is 0 Å². The number of carboxylic acids is 1. The number of aromatic nitrogens is 1. The minimum atomic E-state index is -1.03. The molecule has 0 amide bonds. The molecule has 2 N–H and O–H groups in total. The molecule has 110 valence electrons. The zero-order valence-electron chi connectivity index (χ0n) is 11.0. The van der Waals surface area contributed by atoms with Crippen molar-refractivity contribution >= 4 is 28.2 Å². The molecule has 0 saturated heterocycles. The molecule has 2 aromatic rings. The van der Waals surface area contributed by atoms with Crippen molar-refractivity contribution in [3.8, 4) is 0 Å². The molecule has 0 radical (unpaired) electrons. The van der Waals surface area contributed by atoms with Crippen LogP contribution in [-0.2, 0) is 4.79 Å². The third-order valence-corrected chi connectivity index (χ3v) is 3.03. The fraction of sp³-hybridized carbons (Fsp3) is 0.231. The number of pyridine rings is 1. The number of halogens is 1. The Balaban J connectivity index is 2.49. The first-order valence-corrected chi connectivity index (χ1v) is 6.10. The van der Waals surface area contributed by atoms with Crippen LogP contribution in [0.2, 0.25) is 0 Å². The lowest BCUT2D eigenvalue weighted by atomic mass is 10.1. The summed E-state index contributed by atoms with van der Waals surface area (Å²) in [6.07, 6.45) is 1.39. The van der Waals surface area contributed by atoms with E-state index in [1.54, 1.807) is 0 Å². The summed E-state index contributed by atoms with van der Waals surface area (Å²) in [5, 5.41) is 22.6. The van der Waals surface area contributed by atoms with Crippen LogP contribution in [-0.4, -0.2) is 27.5 Å². The number of hydrogen-bond acceptors (Lipinski definition) is 5. The molecule has 0 bridgehead atoms. The number of carboxylic acid groups (broad SMARTS) is 1. The third kappa shape index (κ3) is 2.88. The van der Waals surface area contributed by atoms with Crippen LogP contribution in [0.4, 0.5) is 15.8 Å². The zero-order valence-corrected chi connectivity index (χ0v) is 11.0. The number of hydrogen-bond donors (Lipinski definition) is 2. The van der Waals surface area contributed by atoms with Crippen molar-refractivity contribution in [2.45, 2.75) is 6.92 Å². The maximum atomic E-state index is 14.0. The standard InChI is InChI=1S/C13H12FN3O4/c1-7(13(18)19)6-16-12-9(14)5-10(17(20)21)8-3-2-4-15-11(8)12/h2-5,7,16H,6H2,1H3,(H,18,19). The van der Waals surface area contributed by atoms with Gasteiger partial charge in [-0.2, -0.15) is 0 Å². The highest BCUT2D eigenvalue weighted by molar-refractivity contribution is 5.97. The van der Waals surface area contributed by atoms with E-state index < -0.39 is 22.6 Å². The quantitative estimate of drug-likeness (QED) is 0.647. The first-order valence-electron chi connectivity index (χ1n) is 6.10. The van der Waals surface area contributed by atoms with E-state index in [4.69, 9.17) is 5.11 Å². The average molecular weight is 293 g/mol. The lowest BCUT2D eigenvalue weighted by Crippen LogP contribution is -2.20. The SMILES string of the molecule is CC(CNc1c(F)cc([N+](=O)[O-])c2cccnc12)C(=O)O. The summed E-state index contributed by atoms with van der Waals surface area (Å²) in [4.78, 5) is 25.0. The Morgan fingerprint density at radius 1 is 1.62 bits per heavy atom. The molecular formula is C13H12FN3O4. The molecule has 1 heterocycles. The van der Waals surface area contributed by atoms with Crippen LogP contribution < -0.4 is 5.32 Å². The van der Waals surface area contributed by atoms with Gasteiger partial charge in [-0.15, -0.1) is 0 Å². The van der Waals surface area contributed by atoms with Gasteiger partial charge < -0.3 is 10.4 Å². The van der Waals surface area contributed by atoms with Gasteiger partial charge in [0.1, 0.15) is 5.52 Å². The number of anilines is 1. The van der Waals surface area contributed by atoms with Crippen LogP contribution in [0.1, 0.15) is 6.92 Å². The molecule has 2 rings (SSSR count). The minimum absolute atomic E-state index is 0.0181. The summed E-state index contributed by atoms with van der Waals surface area (Å²) in [7, 11) is 0. The van der Waals surface area contributed by atoms with Crippen molar-refractivity contribution in [3.63, 3.8) is 0 Å². The van der Waals surface area contributed by atoms with E-state index in [-0.39, 0.29) is 28.8 Å². The smallest absolute Gasteiger partial charge is 0.308 e. The second kappa shape index (κ2) is 5.70. The number of fused-ring (bicyclic) bond motifs is 1. The zero-order chi connectivity index (χ0) is 15.6. The molecule has 0 aliphatic heterocycles. The number of non-ortho nitro benzene ring substituents is 1. The Hall–Kier alpha value is -2.77. The molecule has 0 aliphatic carbocycles. The Kier molecular flexibility index (Phi) is 3.97. The number of benzene rings is 1. The fourth-order valence-corrected chi connectivity index (χ4v) is 1.86. The number of nitrogens with one attached hydrogen (secondary N) is 1. The normalized spacial score (nSPS) is 12.1. The molecule has 8 heteroatoms. The molecular weight excluding hydrogens is 281 g/mol. The van der Waals surface area contributed by atoms with Crippen LogP contribution in [0.25, 0.3) is 10.9 Å². The van der Waals surface area contributed by atoms with Gasteiger partial charge in [0.2, 0.25) is 0 Å². The van der Waals surface area contributed by atoms with E-state index in [9.17, 15) is 19.3 Å². The Morgan fingerprint density at radius 2 is 2.33 bits per heavy atom. The van der Waals surface area contributed by atoms with Gasteiger partial charge in [-0.3, -0.25) is 19.9 Å². The maximum Gasteiger partial charge on any atom is 0.308 e. The van der Waals surface area contributed by atoms with Gasteiger partial charge in [-0.05, 0) is 12.1 Å². The summed E-state index contributed by atoms with van der Waals surface area (Å²) in [5.41, 5.74) is -0.321. The highest BCUT2D eigenvalue weighted by atomic mass is 19.1. The number of carbonyl (C=O) groups is 1. The van der Waals surface area contributed by atoms with Crippen LogP contribution >= 0.6 is 0 Å². The molecule has 1 atom stereocenters. The number of nitrogens with zero attached hydrogens (tertiary/aromatic N) is 2. The predicted octanol–water partition coefficient (Wildman–Crippen LogP) is 2.41. The second-order valence-electron chi connectivity index (χ2n) is 4.53. The highest BCUT2D eigenvalue weighted by Crippen LogP contribution is 2.32. The highest BCUT2D eigenvalue weighted by Gasteiger charge is 2.21. The fourth-order valence-electron chi connectivity index (χ4n) is 1.86. The van der Waals surface area contributed by atoms with Crippen LogP contribution in [0, 0.1) is 21.8 Å². The Bertz CT molecular complexity index is 720. The van der Waals surface area contributed by atoms with Crippen molar-refractivity contribution in [1.82, 2.24) is 4.98 Å². The largest absolute Gasteiger partial charge is 0.481 e. The summed E-state index contributed by atoms with van der Waals surface area (Å²) < 4.78 is 14.0.